The molecule has 3 aromatic carbocycles. The van der Waals surface area contributed by atoms with E-state index in [1.165, 1.54) is 41.3 Å². The molecule has 44 heavy (non-hydrogen) atoms. The Hall–Kier alpha value is -3.99. The second kappa shape index (κ2) is 15.1. The van der Waals surface area contributed by atoms with Crippen molar-refractivity contribution in [2.75, 3.05) is 17.5 Å². The molecule has 1 atom stereocenters. The van der Waals surface area contributed by atoms with E-state index in [2.05, 4.69) is 5.32 Å². The van der Waals surface area contributed by atoms with E-state index in [1.807, 2.05) is 6.92 Å². The summed E-state index contributed by atoms with van der Waals surface area (Å²) < 4.78 is 61.7. The highest BCUT2D eigenvalue weighted by Crippen LogP contribution is 2.27. The first-order valence-electron chi connectivity index (χ1n) is 15.0. The van der Waals surface area contributed by atoms with Crippen LogP contribution in [0.3, 0.4) is 0 Å². The Morgan fingerprint density at radius 2 is 1.48 bits per heavy atom. The molecule has 0 saturated heterocycles. The van der Waals surface area contributed by atoms with Gasteiger partial charge in [-0.05, 0) is 92.4 Å². The van der Waals surface area contributed by atoms with Crippen LogP contribution in [0.15, 0.2) is 77.7 Å². The molecular weight excluding hydrogens is 588 g/mol. The third kappa shape index (κ3) is 8.34. The van der Waals surface area contributed by atoms with E-state index in [4.69, 9.17) is 4.74 Å². The second-order valence-corrected chi connectivity index (χ2v) is 12.7. The molecule has 0 heterocycles. The average molecular weight is 628 g/mol. The minimum Gasteiger partial charge on any atom is -0.494 e. The zero-order valence-electron chi connectivity index (χ0n) is 25.0. The SMILES string of the molecule is CCOc1ccc(N(CC(=O)N(Cc2ccc(F)cc2)C(CC)C(=O)NC2CCCCC2)S(=O)(=O)c2ccc(F)cc2)cc1. The van der Waals surface area contributed by atoms with Crippen LogP contribution >= 0.6 is 0 Å². The predicted octanol–water partition coefficient (Wildman–Crippen LogP) is 5.82. The van der Waals surface area contributed by atoms with Crippen LogP contribution in [0, 0.1) is 11.6 Å². The third-order valence-corrected chi connectivity index (χ3v) is 9.51. The molecule has 4 rings (SSSR count). The molecule has 0 aliphatic heterocycles. The van der Waals surface area contributed by atoms with Gasteiger partial charge in [0.15, 0.2) is 0 Å². The van der Waals surface area contributed by atoms with Crippen molar-refractivity contribution >= 4 is 27.5 Å². The zero-order chi connectivity index (χ0) is 31.7. The molecule has 1 fully saturated rings. The maximum absolute atomic E-state index is 14.2. The maximum atomic E-state index is 14.2. The van der Waals surface area contributed by atoms with E-state index in [0.29, 0.717) is 17.9 Å². The summed E-state index contributed by atoms with van der Waals surface area (Å²) in [6.45, 7) is 3.35. The zero-order valence-corrected chi connectivity index (χ0v) is 25.9. The Balaban J connectivity index is 1.70. The Labute approximate surface area is 258 Å². The van der Waals surface area contributed by atoms with E-state index in [0.717, 1.165) is 60.7 Å². The molecule has 1 aliphatic carbocycles. The number of amides is 2. The van der Waals surface area contributed by atoms with Crippen molar-refractivity contribution in [1.29, 1.82) is 0 Å². The fourth-order valence-corrected chi connectivity index (χ4v) is 6.80. The van der Waals surface area contributed by atoms with Gasteiger partial charge in [0, 0.05) is 12.6 Å². The highest BCUT2D eigenvalue weighted by molar-refractivity contribution is 7.92. The topological polar surface area (TPSA) is 96.0 Å². The number of hydrogen-bond acceptors (Lipinski definition) is 5. The number of rotatable bonds is 13. The number of carbonyl (C=O) groups is 2. The second-order valence-electron chi connectivity index (χ2n) is 10.8. The van der Waals surface area contributed by atoms with Crippen molar-refractivity contribution in [3.8, 4) is 5.75 Å². The first kappa shape index (κ1) is 32.9. The minimum absolute atomic E-state index is 0.00674. The summed E-state index contributed by atoms with van der Waals surface area (Å²) in [5.41, 5.74) is 0.769. The van der Waals surface area contributed by atoms with Crippen molar-refractivity contribution in [2.24, 2.45) is 0 Å². The van der Waals surface area contributed by atoms with Gasteiger partial charge in [0.25, 0.3) is 10.0 Å². The van der Waals surface area contributed by atoms with Crippen molar-refractivity contribution < 1.29 is 31.5 Å². The summed E-state index contributed by atoms with van der Waals surface area (Å²) in [4.78, 5) is 28.9. The van der Waals surface area contributed by atoms with Crippen molar-refractivity contribution in [2.45, 2.75) is 75.9 Å². The highest BCUT2D eigenvalue weighted by Gasteiger charge is 2.34. The Bertz CT molecular complexity index is 1490. The molecule has 0 radical (unpaired) electrons. The number of sulfonamides is 1. The van der Waals surface area contributed by atoms with E-state index in [9.17, 15) is 26.8 Å². The van der Waals surface area contributed by atoms with Gasteiger partial charge in [-0.25, -0.2) is 17.2 Å². The molecule has 11 heteroatoms. The Morgan fingerprint density at radius 1 is 0.886 bits per heavy atom. The van der Waals surface area contributed by atoms with Crippen LogP contribution in [0.25, 0.3) is 0 Å². The fraction of sp³-hybridized carbons (Fsp3) is 0.394. The average Bonchev–Trinajstić information content (AvgIpc) is 3.02. The number of halogens is 2. The van der Waals surface area contributed by atoms with E-state index in [1.54, 1.807) is 19.1 Å². The number of carbonyl (C=O) groups excluding carboxylic acids is 2. The summed E-state index contributed by atoms with van der Waals surface area (Å²) >= 11 is 0. The monoisotopic (exact) mass is 627 g/mol. The molecule has 1 saturated carbocycles. The molecule has 0 aromatic heterocycles. The van der Waals surface area contributed by atoms with Gasteiger partial charge in [0.2, 0.25) is 11.8 Å². The molecule has 1 N–H and O–H groups in total. The minimum atomic E-state index is -4.35. The van der Waals surface area contributed by atoms with Gasteiger partial charge in [-0.15, -0.1) is 0 Å². The number of nitrogens with zero attached hydrogens (tertiary/aromatic N) is 2. The molecule has 8 nitrogen and oxygen atoms in total. The summed E-state index contributed by atoms with van der Waals surface area (Å²) in [6.07, 6.45) is 5.13. The fourth-order valence-electron chi connectivity index (χ4n) is 5.39. The van der Waals surface area contributed by atoms with Gasteiger partial charge in [0.1, 0.15) is 30.0 Å². The van der Waals surface area contributed by atoms with Crippen LogP contribution in [-0.4, -0.2) is 50.4 Å². The normalized spacial score (nSPS) is 14.5. The largest absolute Gasteiger partial charge is 0.494 e. The van der Waals surface area contributed by atoms with Gasteiger partial charge in [-0.1, -0.05) is 38.3 Å². The van der Waals surface area contributed by atoms with Crippen LogP contribution in [0.4, 0.5) is 14.5 Å². The van der Waals surface area contributed by atoms with E-state index >= 15 is 0 Å². The molecule has 0 bridgehead atoms. The molecule has 0 spiro atoms. The smallest absolute Gasteiger partial charge is 0.264 e. The molecule has 1 aliphatic rings. The molecule has 236 valence electrons. The standard InChI is InChI=1S/C33H39F2N3O5S/c1-3-31(33(40)36-27-8-6-5-7-9-27)37(22-24-10-12-25(34)13-11-24)32(39)23-38(28-16-18-29(19-17-28)43-4-2)44(41,42)30-20-14-26(35)15-21-30/h10-21,27,31H,3-9,22-23H2,1-2H3,(H,36,40). The molecule has 1 unspecified atom stereocenters. The number of ether oxygens (including phenoxy) is 1. The van der Waals surface area contributed by atoms with Crippen molar-refractivity contribution in [1.82, 2.24) is 10.2 Å². The lowest BCUT2D eigenvalue weighted by atomic mass is 9.95. The lowest BCUT2D eigenvalue weighted by Crippen LogP contribution is -2.54. The molecule has 3 aromatic rings. The summed E-state index contributed by atoms with van der Waals surface area (Å²) in [6, 6.07) is 15.3. The van der Waals surface area contributed by atoms with E-state index < -0.39 is 40.2 Å². The van der Waals surface area contributed by atoms with Gasteiger partial charge >= 0.3 is 0 Å². The van der Waals surface area contributed by atoms with Gasteiger partial charge < -0.3 is 15.0 Å². The molecular formula is C33H39F2N3O5S. The summed E-state index contributed by atoms with van der Waals surface area (Å²) in [5.74, 6) is -1.47. The quantitative estimate of drug-likeness (QED) is 0.258. The number of hydrogen-bond donors (Lipinski definition) is 1. The van der Waals surface area contributed by atoms with E-state index in [-0.39, 0.29) is 35.5 Å². The highest BCUT2D eigenvalue weighted by atomic mass is 32.2. The summed E-state index contributed by atoms with van der Waals surface area (Å²) in [5, 5.41) is 3.09. The van der Waals surface area contributed by atoms with Crippen LogP contribution in [0.2, 0.25) is 0 Å². The maximum Gasteiger partial charge on any atom is 0.264 e. The van der Waals surface area contributed by atoms with Crippen molar-refractivity contribution in [3.05, 3.63) is 90.0 Å². The first-order chi connectivity index (χ1) is 21.1. The summed E-state index contributed by atoms with van der Waals surface area (Å²) in [7, 11) is -4.35. The number of nitrogens with one attached hydrogen (secondary N) is 1. The van der Waals surface area contributed by atoms with Crippen LogP contribution in [0.5, 0.6) is 5.75 Å². The molecule has 2 amide bonds. The van der Waals surface area contributed by atoms with Gasteiger partial charge in [-0.3, -0.25) is 13.9 Å². The predicted molar refractivity (Wildman–Crippen MR) is 165 cm³/mol. The number of anilines is 1. The first-order valence-corrected chi connectivity index (χ1v) is 16.4. The lowest BCUT2D eigenvalue weighted by Gasteiger charge is -2.34. The van der Waals surface area contributed by atoms with Crippen LogP contribution in [0.1, 0.15) is 57.9 Å². The Morgan fingerprint density at radius 3 is 2.05 bits per heavy atom. The van der Waals surface area contributed by atoms with Gasteiger partial charge in [-0.2, -0.15) is 0 Å². The Kier molecular flexibility index (Phi) is 11.3. The van der Waals surface area contributed by atoms with Crippen LogP contribution < -0.4 is 14.4 Å². The number of benzene rings is 3. The van der Waals surface area contributed by atoms with Crippen LogP contribution in [-0.2, 0) is 26.2 Å². The van der Waals surface area contributed by atoms with Gasteiger partial charge in [0.05, 0.1) is 17.2 Å². The lowest BCUT2D eigenvalue weighted by molar-refractivity contribution is -0.140. The third-order valence-electron chi connectivity index (χ3n) is 7.72. The van der Waals surface area contributed by atoms with Crippen molar-refractivity contribution in [3.63, 3.8) is 0 Å².